The van der Waals surface area contributed by atoms with E-state index in [-0.39, 0.29) is 36.2 Å². The van der Waals surface area contributed by atoms with E-state index in [0.29, 0.717) is 29.7 Å². The second kappa shape index (κ2) is 8.76. The fourth-order valence-corrected chi connectivity index (χ4v) is 3.85. The summed E-state index contributed by atoms with van der Waals surface area (Å²) in [5, 5.41) is 3.25. The molecule has 2 heterocycles. The Balaban J connectivity index is 0.00000240. The van der Waals surface area contributed by atoms with Crippen molar-refractivity contribution in [3.8, 4) is 0 Å². The van der Waals surface area contributed by atoms with Crippen LogP contribution in [-0.2, 0) is 6.42 Å². The van der Waals surface area contributed by atoms with Gasteiger partial charge in [-0.05, 0) is 43.1 Å². The van der Waals surface area contributed by atoms with Crippen LogP contribution >= 0.6 is 12.4 Å². The van der Waals surface area contributed by atoms with Crippen LogP contribution in [0, 0.1) is 0 Å². The first kappa shape index (κ1) is 21.0. The lowest BCUT2D eigenvalue weighted by Gasteiger charge is -2.23. The second-order valence-electron chi connectivity index (χ2n) is 7.32. The Morgan fingerprint density at radius 1 is 1.10 bits per heavy atom. The van der Waals surface area contributed by atoms with Gasteiger partial charge in [-0.25, -0.2) is 0 Å². The largest absolute Gasteiger partial charge is 0.337 e. The van der Waals surface area contributed by atoms with Gasteiger partial charge >= 0.3 is 0 Å². The van der Waals surface area contributed by atoms with E-state index in [2.05, 4.69) is 5.32 Å². The van der Waals surface area contributed by atoms with Crippen molar-refractivity contribution in [3.05, 3.63) is 70.8 Å². The number of rotatable bonds is 5. The van der Waals surface area contributed by atoms with Gasteiger partial charge in [0.15, 0.2) is 0 Å². The maximum Gasteiger partial charge on any atom is 0.261 e. The summed E-state index contributed by atoms with van der Waals surface area (Å²) in [4.78, 5) is 41.2. The third-order valence-corrected chi connectivity index (χ3v) is 5.59. The van der Waals surface area contributed by atoms with Crippen LogP contribution in [0.4, 0.5) is 0 Å². The highest BCUT2D eigenvalue weighted by atomic mass is 35.5. The molecule has 4 rings (SSSR count). The number of benzene rings is 2. The molecule has 2 aromatic carbocycles. The molecule has 1 saturated heterocycles. The molecule has 0 aliphatic carbocycles. The van der Waals surface area contributed by atoms with Crippen LogP contribution in [0.3, 0.4) is 0 Å². The molecule has 152 valence electrons. The van der Waals surface area contributed by atoms with Crippen LogP contribution < -0.4 is 5.32 Å². The number of nitrogens with zero attached hydrogens (tertiary/aromatic N) is 2. The Hall–Kier alpha value is -2.70. The first-order valence-electron chi connectivity index (χ1n) is 9.58. The van der Waals surface area contributed by atoms with E-state index < -0.39 is 0 Å². The molecule has 0 saturated carbocycles. The molecule has 2 aliphatic rings. The number of likely N-dealkylation sites (N-methyl/N-ethyl adjacent to an activating group) is 1. The summed E-state index contributed by atoms with van der Waals surface area (Å²) in [6.07, 6.45) is 1.52. The number of fused-ring (bicyclic) bond motifs is 1. The van der Waals surface area contributed by atoms with Gasteiger partial charge in [0.2, 0.25) is 0 Å². The molecular weight excluding hydrogens is 390 g/mol. The highest BCUT2D eigenvalue weighted by Crippen LogP contribution is 2.25. The third kappa shape index (κ3) is 4.04. The monoisotopic (exact) mass is 413 g/mol. The molecule has 3 amide bonds. The highest BCUT2D eigenvalue weighted by molar-refractivity contribution is 6.22. The summed E-state index contributed by atoms with van der Waals surface area (Å²) >= 11 is 0. The Labute approximate surface area is 176 Å². The molecule has 0 bridgehead atoms. The number of hydrogen-bond acceptors (Lipinski definition) is 4. The molecule has 1 unspecified atom stereocenters. The molecule has 0 radical (unpaired) electrons. The number of hydrogen-bond donors (Lipinski definition) is 1. The molecule has 29 heavy (non-hydrogen) atoms. The van der Waals surface area contributed by atoms with Gasteiger partial charge < -0.3 is 10.2 Å². The third-order valence-electron chi connectivity index (χ3n) is 5.59. The maximum atomic E-state index is 12.8. The Kier molecular flexibility index (Phi) is 6.35. The van der Waals surface area contributed by atoms with E-state index in [4.69, 9.17) is 0 Å². The average molecular weight is 414 g/mol. The van der Waals surface area contributed by atoms with E-state index in [1.807, 2.05) is 30.3 Å². The first-order valence-corrected chi connectivity index (χ1v) is 9.58. The van der Waals surface area contributed by atoms with Gasteiger partial charge in [-0.2, -0.15) is 0 Å². The van der Waals surface area contributed by atoms with Crippen LogP contribution in [-0.4, -0.2) is 60.2 Å². The Bertz CT molecular complexity index is 926. The van der Waals surface area contributed by atoms with E-state index in [0.717, 1.165) is 25.1 Å². The van der Waals surface area contributed by atoms with Gasteiger partial charge in [-0.3, -0.25) is 19.3 Å². The molecule has 0 aromatic heterocycles. The van der Waals surface area contributed by atoms with E-state index in [1.165, 1.54) is 4.90 Å². The van der Waals surface area contributed by atoms with E-state index in [9.17, 15) is 14.4 Å². The predicted octanol–water partition coefficient (Wildman–Crippen LogP) is 2.38. The molecular formula is C22H24ClN3O3. The van der Waals surface area contributed by atoms with Crippen molar-refractivity contribution in [3.63, 3.8) is 0 Å². The average Bonchev–Trinajstić information content (AvgIpc) is 3.34. The fraction of sp³-hybridized carbons (Fsp3) is 0.318. The topological polar surface area (TPSA) is 69.7 Å². The van der Waals surface area contributed by atoms with Crippen molar-refractivity contribution in [2.75, 3.05) is 26.7 Å². The van der Waals surface area contributed by atoms with Crippen LogP contribution in [0.1, 0.15) is 43.1 Å². The number of amides is 3. The molecule has 6 nitrogen and oxygen atoms in total. The molecule has 2 aromatic rings. The normalized spacial score (nSPS) is 17.8. The molecule has 1 fully saturated rings. The van der Waals surface area contributed by atoms with Crippen molar-refractivity contribution >= 4 is 30.1 Å². The minimum absolute atomic E-state index is 0. The SMILES string of the molecule is CN(C(=O)c1ccc2c(c1)C(=O)N(CCc1ccccc1)C2=O)C1CCNC1.Cl. The zero-order chi connectivity index (χ0) is 19.7. The minimum Gasteiger partial charge on any atom is -0.337 e. The fourth-order valence-electron chi connectivity index (χ4n) is 3.85. The Morgan fingerprint density at radius 3 is 2.52 bits per heavy atom. The molecule has 1 atom stereocenters. The summed E-state index contributed by atoms with van der Waals surface area (Å²) in [5.74, 6) is -0.737. The number of nitrogens with one attached hydrogen (secondary N) is 1. The zero-order valence-corrected chi connectivity index (χ0v) is 17.1. The predicted molar refractivity (Wildman–Crippen MR) is 113 cm³/mol. The number of halogens is 1. The summed E-state index contributed by atoms with van der Waals surface area (Å²) in [5.41, 5.74) is 2.21. The van der Waals surface area contributed by atoms with Crippen molar-refractivity contribution < 1.29 is 14.4 Å². The standard InChI is InChI=1S/C22H23N3O3.ClH/c1-24(17-9-11-23-14-17)20(26)16-7-8-18-19(13-16)22(28)25(21(18)27)12-10-15-5-3-2-4-6-15;/h2-8,13,17,23H,9-12,14H2,1H3;1H. The van der Waals surface area contributed by atoms with Crippen LogP contribution in [0.5, 0.6) is 0 Å². The lowest BCUT2D eigenvalue weighted by atomic mass is 10.0. The van der Waals surface area contributed by atoms with Gasteiger partial charge in [-0.1, -0.05) is 30.3 Å². The summed E-state index contributed by atoms with van der Waals surface area (Å²) in [6, 6.07) is 14.7. The minimum atomic E-state index is -0.323. The summed E-state index contributed by atoms with van der Waals surface area (Å²) in [7, 11) is 1.78. The van der Waals surface area contributed by atoms with Crippen LogP contribution in [0.2, 0.25) is 0 Å². The number of imide groups is 1. The second-order valence-corrected chi connectivity index (χ2v) is 7.32. The highest BCUT2D eigenvalue weighted by Gasteiger charge is 2.36. The lowest BCUT2D eigenvalue weighted by Crippen LogP contribution is -2.38. The quantitative estimate of drug-likeness (QED) is 0.764. The summed E-state index contributed by atoms with van der Waals surface area (Å²) in [6.45, 7) is 2.00. The van der Waals surface area contributed by atoms with Gasteiger partial charge in [-0.15, -0.1) is 12.4 Å². The molecule has 7 heteroatoms. The van der Waals surface area contributed by atoms with E-state index >= 15 is 0 Å². The van der Waals surface area contributed by atoms with Gasteiger partial charge in [0, 0.05) is 31.7 Å². The lowest BCUT2D eigenvalue weighted by molar-refractivity contribution is 0.0655. The molecule has 2 aliphatic heterocycles. The van der Waals surface area contributed by atoms with Gasteiger partial charge in [0.1, 0.15) is 0 Å². The maximum absolute atomic E-state index is 12.8. The van der Waals surface area contributed by atoms with Crippen molar-refractivity contribution in [1.82, 2.24) is 15.1 Å². The van der Waals surface area contributed by atoms with Crippen LogP contribution in [0.15, 0.2) is 48.5 Å². The zero-order valence-electron chi connectivity index (χ0n) is 16.3. The number of carbonyl (C=O) groups is 3. The smallest absolute Gasteiger partial charge is 0.261 e. The van der Waals surface area contributed by atoms with Crippen molar-refractivity contribution in [2.24, 2.45) is 0 Å². The molecule has 1 N–H and O–H groups in total. The summed E-state index contributed by atoms with van der Waals surface area (Å²) < 4.78 is 0. The van der Waals surface area contributed by atoms with E-state index in [1.54, 1.807) is 30.1 Å². The first-order chi connectivity index (χ1) is 13.6. The number of carbonyl (C=O) groups excluding carboxylic acids is 3. The Morgan fingerprint density at radius 2 is 1.83 bits per heavy atom. The molecule has 0 spiro atoms. The van der Waals surface area contributed by atoms with Crippen LogP contribution in [0.25, 0.3) is 0 Å². The van der Waals surface area contributed by atoms with Crippen molar-refractivity contribution in [1.29, 1.82) is 0 Å². The van der Waals surface area contributed by atoms with Gasteiger partial charge in [0.25, 0.3) is 17.7 Å². The van der Waals surface area contributed by atoms with Crippen molar-refractivity contribution in [2.45, 2.75) is 18.9 Å². The van der Waals surface area contributed by atoms with Gasteiger partial charge in [0.05, 0.1) is 11.1 Å².